The molecule has 1 unspecified atom stereocenters. The van der Waals surface area contributed by atoms with Crippen molar-refractivity contribution in [3.8, 4) is 5.88 Å². The van der Waals surface area contributed by atoms with E-state index in [9.17, 15) is 23.3 Å². The Morgan fingerprint density at radius 2 is 1.70 bits per heavy atom. The van der Waals surface area contributed by atoms with Crippen molar-refractivity contribution in [3.63, 3.8) is 0 Å². The molecule has 13 nitrogen and oxygen atoms in total. The van der Waals surface area contributed by atoms with E-state index >= 15 is 0 Å². The Morgan fingerprint density at radius 1 is 1.09 bits per heavy atom. The first-order chi connectivity index (χ1) is 21.0. The average molecular weight is 700 g/mol. The minimum Gasteiger partial charge on any atom is -0.414 e. The van der Waals surface area contributed by atoms with E-state index in [2.05, 4.69) is 72.7 Å². The number of rotatable bonds is 13. The zero-order valence-corrected chi connectivity index (χ0v) is 31.6. The molecule has 0 radical (unpaired) electrons. The van der Waals surface area contributed by atoms with Crippen LogP contribution in [0.5, 0.6) is 5.88 Å². The highest BCUT2D eigenvalue weighted by molar-refractivity contribution is 7.67. The Hall–Kier alpha value is -2.48. The lowest BCUT2D eigenvalue weighted by Crippen LogP contribution is -2.48. The fraction of sp³-hybridized carbons (Fsp3) is 0.667. The molecule has 3 rings (SSSR count). The highest BCUT2D eigenvalue weighted by atomic mass is 32.2. The lowest BCUT2D eigenvalue weighted by Gasteiger charge is -2.40. The van der Waals surface area contributed by atoms with Gasteiger partial charge in [0, 0.05) is 18.7 Å². The number of hydrogen-bond acceptors (Lipinski definition) is 11. The van der Waals surface area contributed by atoms with E-state index in [0.717, 1.165) is 0 Å². The van der Waals surface area contributed by atoms with Crippen LogP contribution in [0.25, 0.3) is 0 Å². The normalized spacial score (nSPS) is 20.2. The molecule has 1 aromatic heterocycles. The molecule has 4 atom stereocenters. The number of nitro groups is 1. The van der Waals surface area contributed by atoms with Crippen LogP contribution in [0.3, 0.4) is 0 Å². The van der Waals surface area contributed by atoms with Crippen LogP contribution in [-0.4, -0.2) is 58.3 Å². The van der Waals surface area contributed by atoms with Gasteiger partial charge in [-0.2, -0.15) is 13.4 Å². The number of nitrogens with zero attached hydrogens (tertiary/aromatic N) is 3. The summed E-state index contributed by atoms with van der Waals surface area (Å²) in [5.41, 5.74) is -0.407. The van der Waals surface area contributed by atoms with Crippen LogP contribution in [0.1, 0.15) is 78.3 Å². The highest BCUT2D eigenvalue weighted by Crippen LogP contribution is 2.42. The van der Waals surface area contributed by atoms with Crippen molar-refractivity contribution in [3.05, 3.63) is 62.2 Å². The zero-order valence-electron chi connectivity index (χ0n) is 28.7. The Balaban J connectivity index is 1.96. The van der Waals surface area contributed by atoms with Gasteiger partial charge in [-0.15, -0.1) is 0 Å². The van der Waals surface area contributed by atoms with Crippen LogP contribution < -0.4 is 9.87 Å². The van der Waals surface area contributed by atoms with Gasteiger partial charge >= 0.3 is 16.7 Å². The standard InChI is InChI=1S/C30H49N3O10SSi2/c1-20(22-14-12-13-15-23(22)33(35)36)39-18-21-17-32(28(34)31-27(21)42-44(37)38)26-16-24(43-46(10,11)30(5,6)7)25(41-26)19-40-45(8,9)29(2,3)4/h12-15,17,20,24-26,44H,16,18-19H2,1-11H3/t20?,24-,25-,26-/m1/s1. The molecular weight excluding hydrogens is 651 g/mol. The summed E-state index contributed by atoms with van der Waals surface area (Å²) in [6, 6.07) is 6.16. The largest absolute Gasteiger partial charge is 0.414 e. The van der Waals surface area contributed by atoms with Crippen LogP contribution >= 0.6 is 0 Å². The smallest absolute Gasteiger partial charge is 0.353 e. The number of benzene rings is 1. The first-order valence-electron chi connectivity index (χ1n) is 15.3. The van der Waals surface area contributed by atoms with Gasteiger partial charge < -0.3 is 22.5 Å². The van der Waals surface area contributed by atoms with Crippen molar-refractivity contribution in [2.24, 2.45) is 0 Å². The molecule has 258 valence electrons. The number of nitro benzene ring substituents is 1. The summed E-state index contributed by atoms with van der Waals surface area (Å²) in [6.45, 7) is 23.2. The van der Waals surface area contributed by atoms with Gasteiger partial charge in [-0.05, 0) is 49.3 Å². The second kappa shape index (κ2) is 14.3. The molecule has 0 N–H and O–H groups in total. The van der Waals surface area contributed by atoms with E-state index in [0.29, 0.717) is 12.0 Å². The van der Waals surface area contributed by atoms with Crippen molar-refractivity contribution < 1.29 is 35.8 Å². The van der Waals surface area contributed by atoms with Crippen LogP contribution in [-0.2, 0) is 35.9 Å². The molecule has 1 fully saturated rings. The van der Waals surface area contributed by atoms with E-state index in [1.54, 1.807) is 25.1 Å². The van der Waals surface area contributed by atoms with Gasteiger partial charge in [-0.25, -0.2) is 4.79 Å². The molecule has 1 saturated heterocycles. The number of para-hydroxylation sites is 1. The van der Waals surface area contributed by atoms with Crippen LogP contribution in [0.15, 0.2) is 35.3 Å². The lowest BCUT2D eigenvalue weighted by molar-refractivity contribution is -0.386. The summed E-state index contributed by atoms with van der Waals surface area (Å²) in [5.74, 6) is -0.433. The first kappa shape index (κ1) is 38.0. The maximum Gasteiger partial charge on any atom is 0.353 e. The fourth-order valence-corrected chi connectivity index (χ4v) is 7.13. The number of thiol groups is 1. The van der Waals surface area contributed by atoms with E-state index in [1.807, 2.05) is 0 Å². The van der Waals surface area contributed by atoms with Gasteiger partial charge in [0.2, 0.25) is 5.88 Å². The number of ether oxygens (including phenoxy) is 2. The molecule has 0 spiro atoms. The molecule has 0 aliphatic carbocycles. The number of hydrogen-bond donors (Lipinski definition) is 1. The summed E-state index contributed by atoms with van der Waals surface area (Å²) >= 11 is 0. The van der Waals surface area contributed by atoms with Crippen LogP contribution in [0.2, 0.25) is 36.3 Å². The third kappa shape index (κ3) is 9.11. The second-order valence-electron chi connectivity index (χ2n) is 14.7. The Morgan fingerprint density at radius 3 is 2.26 bits per heavy atom. The molecule has 46 heavy (non-hydrogen) atoms. The maximum atomic E-state index is 13.3. The molecule has 0 saturated carbocycles. The molecule has 2 aromatic rings. The molecule has 0 amide bonds. The fourth-order valence-electron chi connectivity index (χ4n) is 4.46. The third-order valence-corrected chi connectivity index (χ3v) is 18.7. The van der Waals surface area contributed by atoms with Gasteiger partial charge in [0.1, 0.15) is 12.3 Å². The summed E-state index contributed by atoms with van der Waals surface area (Å²) in [7, 11) is -7.79. The van der Waals surface area contributed by atoms with Crippen molar-refractivity contribution in [2.45, 2.75) is 122 Å². The third-order valence-electron chi connectivity index (χ3n) is 9.37. The minimum absolute atomic E-state index is 0.0216. The van der Waals surface area contributed by atoms with Crippen molar-refractivity contribution >= 4 is 33.3 Å². The van der Waals surface area contributed by atoms with Crippen molar-refractivity contribution in [1.29, 1.82) is 0 Å². The van der Waals surface area contributed by atoms with Gasteiger partial charge in [-0.1, -0.05) is 53.7 Å². The quantitative estimate of drug-likeness (QED) is 0.113. The van der Waals surface area contributed by atoms with E-state index < -0.39 is 62.5 Å². The highest BCUT2D eigenvalue weighted by Gasteiger charge is 2.47. The molecule has 16 heteroatoms. The molecule has 0 bridgehead atoms. The Kier molecular flexibility index (Phi) is 11.8. The molecule has 1 aromatic carbocycles. The van der Waals surface area contributed by atoms with E-state index in [4.69, 9.17) is 22.5 Å². The SMILES string of the molecule is CC(OCc1cn([C@H]2C[C@@H](O[Si](C)(C)C(C)(C)C)[C@@H](CO[Si](C)(C)C(C)(C)C)O2)c(=O)nc1O[SH](=O)=O)c1ccccc1[N+](=O)[O-]. The summed E-state index contributed by atoms with van der Waals surface area (Å²) < 4.78 is 54.8. The second-order valence-corrected chi connectivity index (χ2v) is 24.9. The van der Waals surface area contributed by atoms with E-state index in [-0.39, 0.29) is 40.6 Å². The van der Waals surface area contributed by atoms with Crippen LogP contribution in [0.4, 0.5) is 5.69 Å². The summed E-state index contributed by atoms with van der Waals surface area (Å²) in [6.07, 6.45) is -0.635. The van der Waals surface area contributed by atoms with Gasteiger partial charge in [-0.3, -0.25) is 14.7 Å². The topological polar surface area (TPSA) is 158 Å². The molecule has 1 aliphatic heterocycles. The Labute approximate surface area is 275 Å². The predicted octanol–water partition coefficient (Wildman–Crippen LogP) is 6.03. The van der Waals surface area contributed by atoms with Crippen LogP contribution in [0, 0.1) is 10.1 Å². The van der Waals surface area contributed by atoms with E-state index in [1.165, 1.54) is 16.8 Å². The predicted molar refractivity (Wildman–Crippen MR) is 179 cm³/mol. The van der Waals surface area contributed by atoms with Crippen molar-refractivity contribution in [2.75, 3.05) is 6.61 Å². The van der Waals surface area contributed by atoms with Gasteiger partial charge in [0.15, 0.2) is 16.6 Å². The molecular formula is C30H49N3O10SSi2. The average Bonchev–Trinajstić information content (AvgIpc) is 3.31. The lowest BCUT2D eigenvalue weighted by atomic mass is 10.1. The zero-order chi connectivity index (χ0) is 34.8. The summed E-state index contributed by atoms with van der Waals surface area (Å²) in [5, 5.41) is 11.4. The molecule has 1 aliphatic rings. The summed E-state index contributed by atoms with van der Waals surface area (Å²) in [4.78, 5) is 28.2. The Bertz CT molecular complexity index is 1520. The maximum absolute atomic E-state index is 13.3. The van der Waals surface area contributed by atoms with Crippen molar-refractivity contribution in [1.82, 2.24) is 9.55 Å². The van der Waals surface area contributed by atoms with Gasteiger partial charge in [0.25, 0.3) is 5.69 Å². The first-order valence-corrected chi connectivity index (χ1v) is 22.2. The van der Waals surface area contributed by atoms with Gasteiger partial charge in [0.05, 0.1) is 41.5 Å². The monoisotopic (exact) mass is 699 g/mol. The number of aromatic nitrogens is 2. The minimum atomic E-state index is -3.39. The molecule has 2 heterocycles.